The summed E-state index contributed by atoms with van der Waals surface area (Å²) in [4.78, 5) is 24.1. The third-order valence-electron chi connectivity index (χ3n) is 2.25. The second-order valence-electron chi connectivity index (χ2n) is 3.22. The van der Waals surface area contributed by atoms with Crippen LogP contribution in [0.25, 0.3) is 10.9 Å². The van der Waals surface area contributed by atoms with Gasteiger partial charge in [-0.2, -0.15) is 0 Å². The zero-order valence-corrected chi connectivity index (χ0v) is 8.61. The third-order valence-corrected chi connectivity index (χ3v) is 2.25. The van der Waals surface area contributed by atoms with Crippen LogP contribution in [0.15, 0.2) is 24.4 Å². The first-order valence-electron chi connectivity index (χ1n) is 4.66. The molecule has 0 radical (unpaired) electrons. The highest BCUT2D eigenvalue weighted by atomic mass is 16.5. The summed E-state index contributed by atoms with van der Waals surface area (Å²) in [6.07, 6.45) is 1.87. The molecule has 0 bridgehead atoms. The maximum absolute atomic E-state index is 10.9. The van der Waals surface area contributed by atoms with E-state index in [1.165, 1.54) is 0 Å². The molecule has 5 nitrogen and oxygen atoms in total. The van der Waals surface area contributed by atoms with Crippen LogP contribution >= 0.6 is 0 Å². The van der Waals surface area contributed by atoms with E-state index in [0.29, 0.717) is 5.69 Å². The number of benzene rings is 1. The highest BCUT2D eigenvalue weighted by molar-refractivity contribution is 6.30. The fourth-order valence-electron chi connectivity index (χ4n) is 1.50. The Morgan fingerprint density at radius 3 is 3.00 bits per heavy atom. The average Bonchev–Trinajstić information content (AvgIpc) is 2.71. The molecule has 1 aromatic carbocycles. The number of rotatable bonds is 3. The normalized spacial score (nSPS) is 10.1. The molecular formula is C11H10N2O3. The summed E-state index contributed by atoms with van der Waals surface area (Å²) < 4.78 is 5.07. The van der Waals surface area contributed by atoms with Crippen molar-refractivity contribution in [3.8, 4) is 5.75 Å². The van der Waals surface area contributed by atoms with Crippen LogP contribution < -0.4 is 10.1 Å². The fourth-order valence-corrected chi connectivity index (χ4v) is 1.50. The first-order chi connectivity index (χ1) is 7.74. The quantitative estimate of drug-likeness (QED) is 0.602. The van der Waals surface area contributed by atoms with Crippen LogP contribution in [0.3, 0.4) is 0 Å². The van der Waals surface area contributed by atoms with Gasteiger partial charge in [-0.3, -0.25) is 9.59 Å². The number of hydrogen-bond acceptors (Lipinski definition) is 3. The molecule has 1 aromatic heterocycles. The number of methoxy groups -OCH3 is 1. The first-order valence-corrected chi connectivity index (χ1v) is 4.66. The summed E-state index contributed by atoms with van der Waals surface area (Å²) in [7, 11) is 1.58. The van der Waals surface area contributed by atoms with Crippen LogP contribution in [0.4, 0.5) is 5.69 Å². The Balaban J connectivity index is 2.41. The van der Waals surface area contributed by atoms with Gasteiger partial charge in [0.25, 0.3) is 5.91 Å². The summed E-state index contributed by atoms with van der Waals surface area (Å²) in [5.74, 6) is 0.0549. The van der Waals surface area contributed by atoms with Crippen LogP contribution in [-0.2, 0) is 9.59 Å². The van der Waals surface area contributed by atoms with Crippen LogP contribution in [0, 0.1) is 0 Å². The summed E-state index contributed by atoms with van der Waals surface area (Å²) in [6, 6.07) is 5.41. The Hall–Kier alpha value is -2.30. The van der Waals surface area contributed by atoms with Gasteiger partial charge in [0.2, 0.25) is 6.29 Å². The minimum absolute atomic E-state index is 0.238. The number of hydrogen-bond donors (Lipinski definition) is 2. The lowest BCUT2D eigenvalue weighted by molar-refractivity contribution is -0.127. The van der Waals surface area contributed by atoms with Gasteiger partial charge < -0.3 is 15.0 Å². The van der Waals surface area contributed by atoms with Gasteiger partial charge in [0.05, 0.1) is 18.3 Å². The maximum Gasteiger partial charge on any atom is 0.288 e. The second kappa shape index (κ2) is 4.06. The fraction of sp³-hybridized carbons (Fsp3) is 0.0909. The molecule has 1 amide bonds. The van der Waals surface area contributed by atoms with E-state index in [1.54, 1.807) is 19.4 Å². The van der Waals surface area contributed by atoms with E-state index in [9.17, 15) is 9.59 Å². The highest BCUT2D eigenvalue weighted by Gasteiger charge is 2.07. The molecule has 2 rings (SSSR count). The molecule has 0 fully saturated rings. The second-order valence-corrected chi connectivity index (χ2v) is 3.22. The number of nitrogens with one attached hydrogen (secondary N) is 2. The number of H-pyrrole nitrogens is 1. The van der Waals surface area contributed by atoms with Crippen molar-refractivity contribution in [2.75, 3.05) is 12.4 Å². The molecule has 82 valence electrons. The molecule has 2 aromatic rings. The highest BCUT2D eigenvalue weighted by Crippen LogP contribution is 2.26. The molecule has 0 atom stereocenters. The van der Waals surface area contributed by atoms with E-state index in [1.807, 2.05) is 12.1 Å². The smallest absolute Gasteiger partial charge is 0.288 e. The molecule has 2 N–H and O–H groups in total. The van der Waals surface area contributed by atoms with Crippen molar-refractivity contribution in [2.24, 2.45) is 0 Å². The van der Waals surface area contributed by atoms with Gasteiger partial charge >= 0.3 is 0 Å². The predicted octanol–water partition coefficient (Wildman–Crippen LogP) is 1.31. The summed E-state index contributed by atoms with van der Waals surface area (Å²) >= 11 is 0. The number of ether oxygens (including phenoxy) is 1. The number of carbonyl (C=O) groups excluding carboxylic acids is 2. The SMILES string of the molecule is COc1ccc2c(NC(=O)C=O)c[nH]c2c1. The van der Waals surface area contributed by atoms with Crippen LogP contribution in [0.5, 0.6) is 5.75 Å². The monoisotopic (exact) mass is 218 g/mol. The number of carbonyl (C=O) groups is 2. The van der Waals surface area contributed by atoms with Crippen molar-refractivity contribution in [3.05, 3.63) is 24.4 Å². The lowest BCUT2D eigenvalue weighted by Gasteiger charge is -2.00. The van der Waals surface area contributed by atoms with Crippen molar-refractivity contribution >= 4 is 28.8 Å². The third kappa shape index (κ3) is 1.75. The number of aromatic nitrogens is 1. The Morgan fingerprint density at radius 1 is 1.50 bits per heavy atom. The standard InChI is InChI=1S/C11H10N2O3/c1-16-7-2-3-8-9(4-7)12-5-10(8)13-11(15)6-14/h2-6,12H,1H3,(H,13,15). The first kappa shape index (κ1) is 10.2. The molecule has 0 saturated heterocycles. The van der Waals surface area contributed by atoms with Gasteiger partial charge in [-0.25, -0.2) is 0 Å². The summed E-state index contributed by atoms with van der Waals surface area (Å²) in [6.45, 7) is 0. The van der Waals surface area contributed by atoms with Crippen molar-refractivity contribution < 1.29 is 14.3 Å². The number of aromatic amines is 1. The van der Waals surface area contributed by atoms with Gasteiger partial charge in [-0.15, -0.1) is 0 Å². The van der Waals surface area contributed by atoms with E-state index in [4.69, 9.17) is 4.74 Å². The molecule has 0 unspecified atom stereocenters. The molecule has 0 aliphatic heterocycles. The number of fused-ring (bicyclic) bond motifs is 1. The Labute approximate surface area is 91.4 Å². The van der Waals surface area contributed by atoms with Gasteiger partial charge in [0.1, 0.15) is 5.75 Å². The van der Waals surface area contributed by atoms with Crippen molar-refractivity contribution in [2.45, 2.75) is 0 Å². The van der Waals surface area contributed by atoms with E-state index < -0.39 is 5.91 Å². The van der Waals surface area contributed by atoms with E-state index >= 15 is 0 Å². The lowest BCUT2D eigenvalue weighted by atomic mass is 10.2. The molecule has 0 saturated carbocycles. The number of anilines is 1. The Morgan fingerprint density at radius 2 is 2.31 bits per heavy atom. The zero-order chi connectivity index (χ0) is 11.5. The van der Waals surface area contributed by atoms with Gasteiger partial charge in [-0.1, -0.05) is 0 Å². The molecule has 1 heterocycles. The van der Waals surface area contributed by atoms with E-state index in [2.05, 4.69) is 10.3 Å². The number of amides is 1. The van der Waals surface area contributed by atoms with Gasteiger partial charge in [0, 0.05) is 17.6 Å². The van der Waals surface area contributed by atoms with Crippen molar-refractivity contribution in [3.63, 3.8) is 0 Å². The minimum atomic E-state index is -0.670. The van der Waals surface area contributed by atoms with Gasteiger partial charge in [0.15, 0.2) is 0 Å². The topological polar surface area (TPSA) is 71.2 Å². The average molecular weight is 218 g/mol. The molecule has 16 heavy (non-hydrogen) atoms. The van der Waals surface area contributed by atoms with Crippen molar-refractivity contribution in [1.82, 2.24) is 4.98 Å². The van der Waals surface area contributed by atoms with Crippen molar-refractivity contribution in [1.29, 1.82) is 0 Å². The molecule has 0 aliphatic carbocycles. The van der Waals surface area contributed by atoms with Gasteiger partial charge in [-0.05, 0) is 12.1 Å². The van der Waals surface area contributed by atoms with E-state index in [-0.39, 0.29) is 6.29 Å². The Bertz CT molecular complexity index is 545. The number of aldehydes is 1. The molecular weight excluding hydrogens is 208 g/mol. The zero-order valence-electron chi connectivity index (χ0n) is 8.61. The van der Waals surface area contributed by atoms with Crippen LogP contribution in [0.1, 0.15) is 0 Å². The summed E-state index contributed by atoms with van der Waals surface area (Å²) in [5, 5.41) is 3.30. The molecule has 0 spiro atoms. The lowest BCUT2D eigenvalue weighted by Crippen LogP contribution is -2.11. The van der Waals surface area contributed by atoms with E-state index in [0.717, 1.165) is 16.7 Å². The minimum Gasteiger partial charge on any atom is -0.497 e. The van der Waals surface area contributed by atoms with Crippen LogP contribution in [0.2, 0.25) is 0 Å². The predicted molar refractivity (Wildman–Crippen MR) is 59.5 cm³/mol. The maximum atomic E-state index is 10.9. The van der Waals surface area contributed by atoms with Crippen LogP contribution in [-0.4, -0.2) is 24.3 Å². The summed E-state index contributed by atoms with van der Waals surface area (Å²) in [5.41, 5.74) is 1.41. The molecule has 0 aliphatic rings. The Kier molecular flexibility index (Phi) is 2.59. The molecule has 5 heteroatoms. The largest absolute Gasteiger partial charge is 0.497 e.